The molecule has 0 saturated heterocycles. The van der Waals surface area contributed by atoms with Crippen LogP contribution in [0.2, 0.25) is 0 Å². The molecule has 0 fully saturated rings. The Morgan fingerprint density at radius 3 is 2.71 bits per heavy atom. The molecule has 1 amide bonds. The Balaban J connectivity index is 2.16. The molecule has 96 valence electrons. The third-order valence-corrected chi connectivity index (χ3v) is 2.71. The van der Waals surface area contributed by atoms with E-state index in [4.69, 9.17) is 4.52 Å². The summed E-state index contributed by atoms with van der Waals surface area (Å²) in [4.78, 5) is 11.6. The summed E-state index contributed by atoms with van der Waals surface area (Å²) >= 11 is 0. The predicted octanol–water partition coefficient (Wildman–Crippen LogP) is 2.94. The van der Waals surface area contributed by atoms with Crippen molar-refractivity contribution >= 4 is 5.91 Å². The molecule has 4 heteroatoms. The number of rotatable bonds is 8. The fourth-order valence-electron chi connectivity index (χ4n) is 1.61. The lowest BCUT2D eigenvalue weighted by Gasteiger charge is -2.02. The zero-order valence-electron chi connectivity index (χ0n) is 10.8. The van der Waals surface area contributed by atoms with Gasteiger partial charge in [0.05, 0.1) is 0 Å². The normalized spacial score (nSPS) is 10.5. The number of amides is 1. The SMILES string of the molecule is CCCCCCCNC(=O)c1cc(CC)on1. The summed E-state index contributed by atoms with van der Waals surface area (Å²) in [6.07, 6.45) is 6.73. The van der Waals surface area contributed by atoms with Crippen molar-refractivity contribution in [3.8, 4) is 0 Å². The van der Waals surface area contributed by atoms with E-state index in [2.05, 4.69) is 17.4 Å². The minimum atomic E-state index is -0.135. The number of nitrogens with one attached hydrogen (secondary N) is 1. The van der Waals surface area contributed by atoms with Crippen molar-refractivity contribution in [2.24, 2.45) is 0 Å². The molecule has 0 spiro atoms. The van der Waals surface area contributed by atoms with Gasteiger partial charge in [-0.1, -0.05) is 44.7 Å². The zero-order valence-corrected chi connectivity index (χ0v) is 10.8. The van der Waals surface area contributed by atoms with Crippen LogP contribution in [-0.2, 0) is 6.42 Å². The second-order valence-corrected chi connectivity index (χ2v) is 4.20. The molecule has 1 aromatic rings. The number of unbranched alkanes of at least 4 members (excludes halogenated alkanes) is 4. The Morgan fingerprint density at radius 2 is 2.06 bits per heavy atom. The average molecular weight is 238 g/mol. The minimum Gasteiger partial charge on any atom is -0.361 e. The van der Waals surface area contributed by atoms with E-state index in [1.807, 2.05) is 6.92 Å². The fraction of sp³-hybridized carbons (Fsp3) is 0.692. The maximum Gasteiger partial charge on any atom is 0.273 e. The van der Waals surface area contributed by atoms with Gasteiger partial charge in [-0.2, -0.15) is 0 Å². The quantitative estimate of drug-likeness (QED) is 0.708. The van der Waals surface area contributed by atoms with Crippen molar-refractivity contribution in [2.75, 3.05) is 6.54 Å². The highest BCUT2D eigenvalue weighted by molar-refractivity contribution is 5.92. The van der Waals surface area contributed by atoms with E-state index >= 15 is 0 Å². The topological polar surface area (TPSA) is 55.1 Å². The summed E-state index contributed by atoms with van der Waals surface area (Å²) in [7, 11) is 0. The molecule has 4 nitrogen and oxygen atoms in total. The van der Waals surface area contributed by atoms with Crippen LogP contribution < -0.4 is 5.32 Å². The Labute approximate surface area is 103 Å². The van der Waals surface area contributed by atoms with Crippen molar-refractivity contribution in [3.05, 3.63) is 17.5 Å². The number of carbonyl (C=O) groups excluding carboxylic acids is 1. The van der Waals surface area contributed by atoms with Crippen LogP contribution in [-0.4, -0.2) is 17.6 Å². The Hall–Kier alpha value is -1.32. The molecule has 1 rings (SSSR count). The lowest BCUT2D eigenvalue weighted by molar-refractivity contribution is 0.0944. The van der Waals surface area contributed by atoms with E-state index in [9.17, 15) is 4.79 Å². The predicted molar refractivity (Wildman–Crippen MR) is 67.0 cm³/mol. The van der Waals surface area contributed by atoms with Gasteiger partial charge < -0.3 is 9.84 Å². The molecule has 1 aromatic heterocycles. The molecule has 0 aliphatic heterocycles. The molecule has 1 N–H and O–H groups in total. The number of carbonyl (C=O) groups is 1. The van der Waals surface area contributed by atoms with Crippen LogP contribution in [0.5, 0.6) is 0 Å². The first-order valence-corrected chi connectivity index (χ1v) is 6.51. The summed E-state index contributed by atoms with van der Waals surface area (Å²) in [5, 5.41) is 6.58. The fourth-order valence-corrected chi connectivity index (χ4v) is 1.61. The van der Waals surface area contributed by atoms with E-state index in [1.165, 1.54) is 25.7 Å². The monoisotopic (exact) mass is 238 g/mol. The lowest BCUT2D eigenvalue weighted by Crippen LogP contribution is -2.24. The summed E-state index contributed by atoms with van der Waals surface area (Å²) in [5.41, 5.74) is 0.385. The minimum absolute atomic E-state index is 0.135. The maximum absolute atomic E-state index is 11.6. The largest absolute Gasteiger partial charge is 0.361 e. The lowest BCUT2D eigenvalue weighted by atomic mass is 10.1. The first-order chi connectivity index (χ1) is 8.27. The van der Waals surface area contributed by atoms with Gasteiger partial charge in [-0.15, -0.1) is 0 Å². The Bertz CT molecular complexity index is 334. The zero-order chi connectivity index (χ0) is 12.5. The molecule has 0 saturated carbocycles. The van der Waals surface area contributed by atoms with Crippen LogP contribution in [0.1, 0.15) is 62.2 Å². The first-order valence-electron chi connectivity index (χ1n) is 6.51. The van der Waals surface area contributed by atoms with Crippen molar-refractivity contribution in [2.45, 2.75) is 52.4 Å². The summed E-state index contributed by atoms with van der Waals surface area (Å²) in [6.45, 7) is 4.88. The van der Waals surface area contributed by atoms with E-state index in [-0.39, 0.29) is 5.91 Å². The number of hydrogen-bond acceptors (Lipinski definition) is 3. The molecule has 0 aliphatic carbocycles. The summed E-state index contributed by atoms with van der Waals surface area (Å²) in [6, 6.07) is 1.70. The number of nitrogens with zero attached hydrogens (tertiary/aromatic N) is 1. The highest BCUT2D eigenvalue weighted by Crippen LogP contribution is 2.04. The number of aryl methyl sites for hydroxylation is 1. The summed E-state index contributed by atoms with van der Waals surface area (Å²) < 4.78 is 4.98. The molecule has 17 heavy (non-hydrogen) atoms. The van der Waals surface area contributed by atoms with Gasteiger partial charge >= 0.3 is 0 Å². The van der Waals surface area contributed by atoms with E-state index in [0.717, 1.165) is 25.1 Å². The molecular formula is C13H22N2O2. The van der Waals surface area contributed by atoms with Crippen LogP contribution >= 0.6 is 0 Å². The van der Waals surface area contributed by atoms with Gasteiger partial charge in [-0.05, 0) is 6.42 Å². The maximum atomic E-state index is 11.6. The molecular weight excluding hydrogens is 216 g/mol. The standard InChI is InChI=1S/C13H22N2O2/c1-3-5-6-7-8-9-14-13(16)12-10-11(4-2)17-15-12/h10H,3-9H2,1-2H3,(H,14,16). The molecule has 0 atom stereocenters. The second-order valence-electron chi connectivity index (χ2n) is 4.20. The summed E-state index contributed by atoms with van der Waals surface area (Å²) in [5.74, 6) is 0.613. The van der Waals surface area contributed by atoms with Gasteiger partial charge in [0.1, 0.15) is 5.76 Å². The second kappa shape index (κ2) is 7.87. The first kappa shape index (κ1) is 13.7. The Kier molecular flexibility index (Phi) is 6.37. The van der Waals surface area contributed by atoms with Crippen LogP contribution in [0.4, 0.5) is 0 Å². The number of hydrogen-bond donors (Lipinski definition) is 1. The number of aromatic nitrogens is 1. The molecule has 1 heterocycles. The van der Waals surface area contributed by atoms with E-state index in [0.29, 0.717) is 5.69 Å². The molecule has 0 radical (unpaired) electrons. The molecule has 0 aliphatic rings. The molecule has 0 bridgehead atoms. The molecule has 0 aromatic carbocycles. The van der Waals surface area contributed by atoms with E-state index in [1.54, 1.807) is 6.07 Å². The molecule has 0 unspecified atom stereocenters. The van der Waals surface area contributed by atoms with Crippen LogP contribution in [0.25, 0.3) is 0 Å². The van der Waals surface area contributed by atoms with Crippen LogP contribution in [0.3, 0.4) is 0 Å². The average Bonchev–Trinajstić information content (AvgIpc) is 2.82. The Morgan fingerprint density at radius 1 is 1.29 bits per heavy atom. The van der Waals surface area contributed by atoms with Crippen LogP contribution in [0, 0.1) is 0 Å². The highest BCUT2D eigenvalue weighted by atomic mass is 16.5. The van der Waals surface area contributed by atoms with Crippen LogP contribution in [0.15, 0.2) is 10.6 Å². The van der Waals surface area contributed by atoms with Crippen molar-refractivity contribution in [3.63, 3.8) is 0 Å². The van der Waals surface area contributed by atoms with Gasteiger partial charge in [-0.3, -0.25) is 4.79 Å². The van der Waals surface area contributed by atoms with Gasteiger partial charge in [0.25, 0.3) is 5.91 Å². The third kappa shape index (κ3) is 5.02. The van der Waals surface area contributed by atoms with Crippen molar-refractivity contribution in [1.82, 2.24) is 10.5 Å². The van der Waals surface area contributed by atoms with Gasteiger partial charge in [0, 0.05) is 19.0 Å². The van der Waals surface area contributed by atoms with Crippen molar-refractivity contribution < 1.29 is 9.32 Å². The van der Waals surface area contributed by atoms with Gasteiger partial charge in [-0.25, -0.2) is 0 Å². The van der Waals surface area contributed by atoms with Crippen molar-refractivity contribution in [1.29, 1.82) is 0 Å². The van der Waals surface area contributed by atoms with E-state index < -0.39 is 0 Å². The highest BCUT2D eigenvalue weighted by Gasteiger charge is 2.10. The van der Waals surface area contributed by atoms with Gasteiger partial charge in [0.2, 0.25) is 0 Å². The smallest absolute Gasteiger partial charge is 0.273 e. The third-order valence-electron chi connectivity index (χ3n) is 2.71. The van der Waals surface area contributed by atoms with Gasteiger partial charge in [0.15, 0.2) is 5.69 Å².